The molecular formula is C15H12F3NO2. The van der Waals surface area contributed by atoms with E-state index in [1.807, 2.05) is 0 Å². The van der Waals surface area contributed by atoms with Crippen molar-refractivity contribution in [3.05, 3.63) is 71.0 Å². The van der Waals surface area contributed by atoms with Crippen molar-refractivity contribution in [3.63, 3.8) is 0 Å². The molecule has 0 saturated carbocycles. The number of nitrogens with one attached hydrogen (secondary N) is 1. The van der Waals surface area contributed by atoms with E-state index in [1.54, 1.807) is 0 Å². The normalized spacial score (nSPS) is 12.0. The maximum Gasteiger partial charge on any atom is 0.251 e. The lowest BCUT2D eigenvalue weighted by atomic mass is 10.1. The predicted octanol–water partition coefficient (Wildman–Crippen LogP) is 2.57. The van der Waals surface area contributed by atoms with Gasteiger partial charge in [-0.25, -0.2) is 13.2 Å². The van der Waals surface area contributed by atoms with E-state index in [2.05, 4.69) is 5.32 Å². The molecule has 0 aliphatic rings. The molecule has 2 N–H and O–H groups in total. The van der Waals surface area contributed by atoms with E-state index < -0.39 is 29.5 Å². The molecule has 0 heterocycles. The van der Waals surface area contributed by atoms with Gasteiger partial charge in [-0.1, -0.05) is 6.07 Å². The van der Waals surface area contributed by atoms with E-state index >= 15 is 0 Å². The molecule has 0 aliphatic heterocycles. The molecule has 2 aromatic carbocycles. The van der Waals surface area contributed by atoms with Gasteiger partial charge < -0.3 is 10.4 Å². The van der Waals surface area contributed by atoms with E-state index in [9.17, 15) is 23.1 Å². The lowest BCUT2D eigenvalue weighted by Crippen LogP contribution is -2.28. The molecule has 0 radical (unpaired) electrons. The maximum absolute atomic E-state index is 13.4. The molecule has 1 amide bonds. The van der Waals surface area contributed by atoms with Gasteiger partial charge in [-0.2, -0.15) is 0 Å². The fraction of sp³-hybridized carbons (Fsp3) is 0.133. The van der Waals surface area contributed by atoms with Gasteiger partial charge in [0, 0.05) is 23.7 Å². The molecule has 1 atom stereocenters. The number of amides is 1. The van der Waals surface area contributed by atoms with Crippen LogP contribution >= 0.6 is 0 Å². The summed E-state index contributed by atoms with van der Waals surface area (Å²) in [5.74, 6) is -2.64. The monoisotopic (exact) mass is 295 g/mol. The highest BCUT2D eigenvalue weighted by Gasteiger charge is 2.15. The molecule has 0 bridgehead atoms. The van der Waals surface area contributed by atoms with Crippen LogP contribution in [0.3, 0.4) is 0 Å². The molecule has 0 unspecified atom stereocenters. The van der Waals surface area contributed by atoms with Crippen LogP contribution in [0.5, 0.6) is 0 Å². The van der Waals surface area contributed by atoms with Crippen LogP contribution in [0.15, 0.2) is 42.5 Å². The van der Waals surface area contributed by atoms with Crippen molar-refractivity contribution in [3.8, 4) is 0 Å². The lowest BCUT2D eigenvalue weighted by molar-refractivity contribution is 0.0914. The van der Waals surface area contributed by atoms with Crippen LogP contribution in [0.25, 0.3) is 0 Å². The Hall–Kier alpha value is -2.34. The van der Waals surface area contributed by atoms with Crippen LogP contribution in [-0.2, 0) is 0 Å². The van der Waals surface area contributed by atoms with Gasteiger partial charge in [0.2, 0.25) is 0 Å². The molecule has 21 heavy (non-hydrogen) atoms. The number of aliphatic hydroxyl groups is 1. The number of carbonyl (C=O) groups is 1. The third kappa shape index (κ3) is 3.82. The minimum atomic E-state index is -1.31. The van der Waals surface area contributed by atoms with Crippen molar-refractivity contribution < 1.29 is 23.1 Å². The van der Waals surface area contributed by atoms with Crippen molar-refractivity contribution >= 4 is 5.91 Å². The van der Waals surface area contributed by atoms with Crippen molar-refractivity contribution in [1.29, 1.82) is 0 Å². The summed E-state index contributed by atoms with van der Waals surface area (Å²) < 4.78 is 38.9. The van der Waals surface area contributed by atoms with Crippen LogP contribution in [0.1, 0.15) is 22.0 Å². The molecule has 0 spiro atoms. The van der Waals surface area contributed by atoms with E-state index in [0.29, 0.717) is 6.07 Å². The summed E-state index contributed by atoms with van der Waals surface area (Å²) in [6, 6.07) is 7.62. The Bertz CT molecular complexity index is 644. The third-order valence-electron chi connectivity index (χ3n) is 2.88. The smallest absolute Gasteiger partial charge is 0.251 e. The Morgan fingerprint density at radius 1 is 1.05 bits per heavy atom. The first-order valence-electron chi connectivity index (χ1n) is 6.14. The van der Waals surface area contributed by atoms with Gasteiger partial charge in [0.05, 0.1) is 6.10 Å². The number of benzene rings is 2. The minimum Gasteiger partial charge on any atom is -0.386 e. The van der Waals surface area contributed by atoms with Gasteiger partial charge in [-0.15, -0.1) is 0 Å². The molecule has 2 aromatic rings. The molecule has 110 valence electrons. The first-order valence-corrected chi connectivity index (χ1v) is 6.14. The number of hydrogen-bond acceptors (Lipinski definition) is 2. The van der Waals surface area contributed by atoms with Crippen molar-refractivity contribution in [1.82, 2.24) is 5.32 Å². The maximum atomic E-state index is 13.4. The zero-order valence-corrected chi connectivity index (χ0v) is 10.8. The number of hydrogen-bond donors (Lipinski definition) is 2. The first kappa shape index (κ1) is 15.1. The Morgan fingerprint density at radius 2 is 1.67 bits per heavy atom. The second kappa shape index (κ2) is 6.41. The van der Waals surface area contributed by atoms with Crippen LogP contribution < -0.4 is 5.32 Å². The number of halogens is 3. The quantitative estimate of drug-likeness (QED) is 0.911. The SMILES string of the molecule is O=C(NC[C@@H](O)c1ccc(F)cc1F)c1ccc(F)cc1. The van der Waals surface area contributed by atoms with Gasteiger partial charge >= 0.3 is 0 Å². The van der Waals surface area contributed by atoms with Crippen molar-refractivity contribution in [2.24, 2.45) is 0 Å². The van der Waals surface area contributed by atoms with Gasteiger partial charge in [0.25, 0.3) is 5.91 Å². The van der Waals surface area contributed by atoms with Crippen LogP contribution in [0.2, 0.25) is 0 Å². The fourth-order valence-electron chi connectivity index (χ4n) is 1.77. The van der Waals surface area contributed by atoms with Gasteiger partial charge in [-0.3, -0.25) is 4.79 Å². The predicted molar refractivity (Wildman–Crippen MR) is 70.1 cm³/mol. The summed E-state index contributed by atoms with van der Waals surface area (Å²) in [5.41, 5.74) is 0.0963. The Morgan fingerprint density at radius 3 is 2.29 bits per heavy atom. The Kier molecular flexibility index (Phi) is 4.59. The molecule has 6 heteroatoms. The number of carbonyl (C=O) groups excluding carboxylic acids is 1. The summed E-state index contributed by atoms with van der Waals surface area (Å²) in [6.45, 7) is -0.251. The van der Waals surface area contributed by atoms with Crippen molar-refractivity contribution in [2.45, 2.75) is 6.10 Å². The average molecular weight is 295 g/mol. The summed E-state index contributed by atoms with van der Waals surface area (Å²) in [4.78, 5) is 11.7. The highest BCUT2D eigenvalue weighted by Crippen LogP contribution is 2.17. The molecule has 0 aromatic heterocycles. The number of rotatable bonds is 4. The van der Waals surface area contributed by atoms with Gasteiger partial charge in [0.15, 0.2) is 0 Å². The Labute approximate surface area is 119 Å². The zero-order chi connectivity index (χ0) is 15.4. The number of aliphatic hydroxyl groups excluding tert-OH is 1. The van der Waals surface area contributed by atoms with E-state index in [0.717, 1.165) is 24.3 Å². The first-order chi connectivity index (χ1) is 9.97. The van der Waals surface area contributed by atoms with Crippen molar-refractivity contribution in [2.75, 3.05) is 6.54 Å². The topological polar surface area (TPSA) is 49.3 Å². The average Bonchev–Trinajstić information content (AvgIpc) is 2.45. The second-order valence-corrected chi connectivity index (χ2v) is 4.40. The summed E-state index contributed by atoms with van der Waals surface area (Å²) in [7, 11) is 0. The Balaban J connectivity index is 1.98. The summed E-state index contributed by atoms with van der Waals surface area (Å²) in [5, 5.41) is 12.2. The largest absolute Gasteiger partial charge is 0.386 e. The van der Waals surface area contributed by atoms with E-state index in [4.69, 9.17) is 0 Å². The van der Waals surface area contributed by atoms with Gasteiger partial charge in [-0.05, 0) is 30.3 Å². The second-order valence-electron chi connectivity index (χ2n) is 4.40. The molecule has 0 saturated heterocycles. The van der Waals surface area contributed by atoms with E-state index in [1.165, 1.54) is 12.1 Å². The summed E-state index contributed by atoms with van der Waals surface area (Å²) >= 11 is 0. The standard InChI is InChI=1S/C15H12F3NO2/c16-10-3-1-9(2-4-10)15(21)19-8-14(20)12-6-5-11(17)7-13(12)18/h1-7,14,20H,8H2,(H,19,21)/t14-/m1/s1. The lowest BCUT2D eigenvalue weighted by Gasteiger charge is -2.13. The molecule has 2 rings (SSSR count). The molecule has 3 nitrogen and oxygen atoms in total. The third-order valence-corrected chi connectivity index (χ3v) is 2.88. The van der Waals surface area contributed by atoms with Crippen LogP contribution in [0, 0.1) is 17.5 Å². The molecular weight excluding hydrogens is 283 g/mol. The summed E-state index contributed by atoms with van der Waals surface area (Å²) in [6.07, 6.45) is -1.31. The fourth-order valence-corrected chi connectivity index (χ4v) is 1.77. The zero-order valence-electron chi connectivity index (χ0n) is 10.8. The highest BCUT2D eigenvalue weighted by atomic mass is 19.1. The van der Waals surface area contributed by atoms with Crippen LogP contribution in [0.4, 0.5) is 13.2 Å². The van der Waals surface area contributed by atoms with Gasteiger partial charge in [0.1, 0.15) is 17.5 Å². The highest BCUT2D eigenvalue weighted by molar-refractivity contribution is 5.94. The molecule has 0 fully saturated rings. The minimum absolute atomic E-state index is 0.115. The molecule has 0 aliphatic carbocycles. The van der Waals surface area contributed by atoms with E-state index in [-0.39, 0.29) is 17.7 Å². The van der Waals surface area contributed by atoms with Crippen LogP contribution in [-0.4, -0.2) is 17.6 Å².